The third-order valence-electron chi connectivity index (χ3n) is 3.18. The molecule has 23 heavy (non-hydrogen) atoms. The molecule has 1 aromatic heterocycles. The lowest BCUT2D eigenvalue weighted by molar-refractivity contribution is -0.122. The van der Waals surface area contributed by atoms with Crippen LogP contribution in [0.25, 0.3) is 0 Å². The fourth-order valence-corrected chi connectivity index (χ4v) is 1.97. The Morgan fingerprint density at radius 3 is 2.65 bits per heavy atom. The topological polar surface area (TPSA) is 133 Å². The van der Waals surface area contributed by atoms with Crippen LogP contribution in [0.1, 0.15) is 16.8 Å². The Hall–Kier alpha value is -3.00. The molecule has 0 saturated carbocycles. The highest BCUT2D eigenvalue weighted by atomic mass is 16.2. The molecule has 0 aliphatic carbocycles. The Labute approximate surface area is 131 Å². The van der Waals surface area contributed by atoms with Gasteiger partial charge in [0.1, 0.15) is 0 Å². The van der Waals surface area contributed by atoms with Gasteiger partial charge in [-0.25, -0.2) is 10.2 Å². The number of nitrogens with zero attached hydrogens (tertiary/aromatic N) is 1. The van der Waals surface area contributed by atoms with Gasteiger partial charge in [0.15, 0.2) is 0 Å². The van der Waals surface area contributed by atoms with E-state index in [1.165, 1.54) is 0 Å². The third-order valence-corrected chi connectivity index (χ3v) is 3.18. The monoisotopic (exact) mass is 315 g/mol. The van der Waals surface area contributed by atoms with Crippen molar-refractivity contribution in [3.05, 3.63) is 68.0 Å². The summed E-state index contributed by atoms with van der Waals surface area (Å²) in [5.74, 6) is -0.469. The fraction of sp³-hybridized carbons (Fsp3) is 0.200. The Morgan fingerprint density at radius 2 is 2.00 bits per heavy atom. The van der Waals surface area contributed by atoms with Gasteiger partial charge in [-0.3, -0.25) is 14.6 Å². The zero-order chi connectivity index (χ0) is 16.8. The molecule has 2 aromatic rings. The quantitative estimate of drug-likeness (QED) is 0.432. The summed E-state index contributed by atoms with van der Waals surface area (Å²) in [7, 11) is 0. The van der Waals surface area contributed by atoms with E-state index in [-0.39, 0.29) is 5.56 Å². The molecule has 0 bridgehead atoms. The minimum atomic E-state index is -0.760. The van der Waals surface area contributed by atoms with E-state index in [1.807, 2.05) is 30.3 Å². The van der Waals surface area contributed by atoms with E-state index in [0.29, 0.717) is 12.1 Å². The van der Waals surface area contributed by atoms with Crippen molar-refractivity contribution in [1.82, 2.24) is 15.4 Å². The van der Waals surface area contributed by atoms with Gasteiger partial charge in [0, 0.05) is 5.69 Å². The van der Waals surface area contributed by atoms with Crippen LogP contribution in [0, 0.1) is 6.92 Å². The van der Waals surface area contributed by atoms with E-state index in [0.717, 1.165) is 11.8 Å². The van der Waals surface area contributed by atoms with Crippen molar-refractivity contribution in [2.45, 2.75) is 19.4 Å². The maximum atomic E-state index is 11.9. The van der Waals surface area contributed by atoms with Crippen LogP contribution >= 0.6 is 0 Å². The van der Waals surface area contributed by atoms with Crippen molar-refractivity contribution in [1.29, 1.82) is 0 Å². The minimum Gasteiger partial charge on any atom is -0.320 e. The summed E-state index contributed by atoms with van der Waals surface area (Å²) in [5, 5.41) is 3.71. The highest BCUT2D eigenvalue weighted by Gasteiger charge is 2.13. The number of rotatable bonds is 5. The van der Waals surface area contributed by atoms with Crippen molar-refractivity contribution in [3.8, 4) is 0 Å². The standard InChI is InChI=1S/C15H17N5O3/c1-9-11(13(21)19-15(23)18-9)8-17-20-14(22)12(16)7-10-5-3-2-4-6-10/h2-6,8,12H,7,16H2,1H3,(H,20,22)(H2,18,19,21,23)/b17-8-/t12-/m0/s1. The number of aromatic nitrogens is 2. The average Bonchev–Trinajstić information content (AvgIpc) is 2.50. The molecular formula is C15H17N5O3. The molecule has 2 rings (SSSR count). The summed E-state index contributed by atoms with van der Waals surface area (Å²) in [6.45, 7) is 1.56. The van der Waals surface area contributed by atoms with E-state index in [1.54, 1.807) is 6.92 Å². The van der Waals surface area contributed by atoms with E-state index < -0.39 is 23.2 Å². The minimum absolute atomic E-state index is 0.154. The van der Waals surface area contributed by atoms with E-state index in [9.17, 15) is 14.4 Å². The zero-order valence-corrected chi connectivity index (χ0v) is 12.5. The van der Waals surface area contributed by atoms with Gasteiger partial charge in [-0.05, 0) is 18.9 Å². The SMILES string of the molecule is Cc1[nH]c(=O)[nH]c(=O)c1/C=N\NC(=O)[C@@H](N)Cc1ccccc1. The van der Waals surface area contributed by atoms with Crippen molar-refractivity contribution in [2.24, 2.45) is 10.8 Å². The van der Waals surface area contributed by atoms with Crippen LogP contribution in [-0.4, -0.2) is 28.1 Å². The summed E-state index contributed by atoms with van der Waals surface area (Å²) in [6.07, 6.45) is 1.54. The number of hydrogen-bond donors (Lipinski definition) is 4. The van der Waals surface area contributed by atoms with Gasteiger partial charge in [-0.2, -0.15) is 5.10 Å². The van der Waals surface area contributed by atoms with Gasteiger partial charge >= 0.3 is 5.69 Å². The van der Waals surface area contributed by atoms with Crippen LogP contribution in [0.4, 0.5) is 0 Å². The molecule has 1 atom stereocenters. The largest absolute Gasteiger partial charge is 0.325 e. The number of aryl methyl sites for hydroxylation is 1. The molecule has 1 aromatic carbocycles. The maximum absolute atomic E-state index is 11.9. The normalized spacial score (nSPS) is 12.3. The summed E-state index contributed by atoms with van der Waals surface area (Å²) in [6, 6.07) is 8.60. The van der Waals surface area contributed by atoms with Crippen LogP contribution in [-0.2, 0) is 11.2 Å². The molecule has 0 spiro atoms. The number of amides is 1. The number of hydrazone groups is 1. The van der Waals surface area contributed by atoms with Crippen molar-refractivity contribution in [2.75, 3.05) is 0 Å². The molecule has 0 fully saturated rings. The molecule has 0 unspecified atom stereocenters. The second-order valence-electron chi connectivity index (χ2n) is 4.98. The Bertz CT molecular complexity index is 823. The van der Waals surface area contributed by atoms with Gasteiger partial charge in [0.2, 0.25) is 0 Å². The van der Waals surface area contributed by atoms with Gasteiger partial charge < -0.3 is 10.7 Å². The van der Waals surface area contributed by atoms with E-state index in [2.05, 4.69) is 20.5 Å². The van der Waals surface area contributed by atoms with Crippen molar-refractivity contribution in [3.63, 3.8) is 0 Å². The number of carbonyl (C=O) groups is 1. The molecule has 1 heterocycles. The third kappa shape index (κ3) is 4.48. The average molecular weight is 315 g/mol. The number of hydrogen-bond acceptors (Lipinski definition) is 5. The Kier molecular flexibility index (Phi) is 5.21. The molecular weight excluding hydrogens is 298 g/mol. The van der Waals surface area contributed by atoms with Crippen LogP contribution in [0.3, 0.4) is 0 Å². The first kappa shape index (κ1) is 16.4. The molecule has 0 saturated heterocycles. The molecule has 0 aliphatic rings. The molecule has 0 aliphatic heterocycles. The van der Waals surface area contributed by atoms with Gasteiger partial charge in [0.05, 0.1) is 17.8 Å². The number of carbonyl (C=O) groups excluding carboxylic acids is 1. The number of H-pyrrole nitrogens is 2. The van der Waals surface area contributed by atoms with Crippen LogP contribution < -0.4 is 22.4 Å². The van der Waals surface area contributed by atoms with E-state index in [4.69, 9.17) is 5.73 Å². The second-order valence-corrected chi connectivity index (χ2v) is 4.98. The summed E-state index contributed by atoms with van der Waals surface area (Å²) in [4.78, 5) is 39.1. The first-order valence-corrected chi connectivity index (χ1v) is 6.93. The van der Waals surface area contributed by atoms with Crippen LogP contribution in [0.15, 0.2) is 45.0 Å². The number of aromatic amines is 2. The Balaban J connectivity index is 1.99. The predicted molar refractivity (Wildman–Crippen MR) is 86.3 cm³/mol. The summed E-state index contributed by atoms with van der Waals surface area (Å²) < 4.78 is 0. The highest BCUT2D eigenvalue weighted by molar-refractivity contribution is 5.85. The second kappa shape index (κ2) is 7.32. The number of nitrogens with one attached hydrogen (secondary N) is 3. The highest BCUT2D eigenvalue weighted by Crippen LogP contribution is 2.01. The summed E-state index contributed by atoms with van der Waals surface area (Å²) in [5.41, 5.74) is 8.35. The smallest absolute Gasteiger partial charge is 0.320 e. The van der Waals surface area contributed by atoms with Gasteiger partial charge in [0.25, 0.3) is 11.5 Å². The van der Waals surface area contributed by atoms with Crippen molar-refractivity contribution >= 4 is 12.1 Å². The number of benzene rings is 1. The Morgan fingerprint density at radius 1 is 1.30 bits per heavy atom. The van der Waals surface area contributed by atoms with Gasteiger partial charge in [-0.15, -0.1) is 0 Å². The fourth-order valence-electron chi connectivity index (χ4n) is 1.97. The summed E-state index contributed by atoms with van der Waals surface area (Å²) >= 11 is 0. The lowest BCUT2D eigenvalue weighted by atomic mass is 10.1. The number of nitrogens with two attached hydrogens (primary N) is 1. The predicted octanol–water partition coefficient (Wildman–Crippen LogP) is -0.608. The first-order chi connectivity index (χ1) is 11.0. The maximum Gasteiger partial charge on any atom is 0.325 e. The molecule has 120 valence electrons. The molecule has 1 amide bonds. The lowest BCUT2D eigenvalue weighted by Crippen LogP contribution is -2.40. The van der Waals surface area contributed by atoms with E-state index >= 15 is 0 Å². The molecule has 5 N–H and O–H groups in total. The molecule has 8 nitrogen and oxygen atoms in total. The van der Waals surface area contributed by atoms with Crippen LogP contribution in [0.2, 0.25) is 0 Å². The first-order valence-electron chi connectivity index (χ1n) is 6.93. The molecule has 8 heteroatoms. The zero-order valence-electron chi connectivity index (χ0n) is 12.5. The lowest BCUT2D eigenvalue weighted by Gasteiger charge is -2.09. The van der Waals surface area contributed by atoms with Crippen molar-refractivity contribution < 1.29 is 4.79 Å². The van der Waals surface area contributed by atoms with Gasteiger partial charge in [-0.1, -0.05) is 30.3 Å². The molecule has 0 radical (unpaired) electrons. The van der Waals surface area contributed by atoms with Crippen LogP contribution in [0.5, 0.6) is 0 Å².